The molecule has 2 atom stereocenters. The normalized spacial score (nSPS) is 18.5. The fourth-order valence-corrected chi connectivity index (χ4v) is 4.85. The molecule has 0 saturated heterocycles. The van der Waals surface area contributed by atoms with Gasteiger partial charge < -0.3 is 10.0 Å². The molecule has 170 valence electrons. The Hall–Kier alpha value is -2.76. The second-order valence-corrected chi connectivity index (χ2v) is 10.0. The summed E-state index contributed by atoms with van der Waals surface area (Å²) >= 11 is 3.47. The number of hydrogen-bond acceptors (Lipinski definition) is 3. The smallest absolute Gasteiger partial charge is 0.264 e. The quantitative estimate of drug-likeness (QED) is 0.409. The third-order valence-electron chi connectivity index (χ3n) is 6.68. The third kappa shape index (κ3) is 4.04. The summed E-state index contributed by atoms with van der Waals surface area (Å²) in [6.45, 7) is 8.26. The zero-order chi connectivity index (χ0) is 23.9. The molecule has 1 aliphatic rings. The van der Waals surface area contributed by atoms with Gasteiger partial charge in [0, 0.05) is 15.6 Å². The average molecular weight is 506 g/mol. The van der Waals surface area contributed by atoms with Crippen LogP contribution >= 0.6 is 15.9 Å². The summed E-state index contributed by atoms with van der Waals surface area (Å²) in [6, 6.07) is 20.6. The maximum atomic E-state index is 13.8. The van der Waals surface area contributed by atoms with Crippen molar-refractivity contribution in [1.82, 2.24) is 0 Å². The van der Waals surface area contributed by atoms with E-state index in [1.54, 1.807) is 42.2 Å². The molecular formula is C28H28BrNO3. The Morgan fingerprint density at radius 2 is 1.73 bits per heavy atom. The van der Waals surface area contributed by atoms with E-state index in [1.165, 1.54) is 5.56 Å². The van der Waals surface area contributed by atoms with Crippen LogP contribution in [0.3, 0.4) is 0 Å². The molecule has 0 saturated carbocycles. The first-order valence-electron chi connectivity index (χ1n) is 11.2. The van der Waals surface area contributed by atoms with E-state index in [2.05, 4.69) is 48.0 Å². The first-order valence-corrected chi connectivity index (χ1v) is 12.0. The van der Waals surface area contributed by atoms with Gasteiger partial charge in [-0.05, 0) is 47.7 Å². The molecule has 33 heavy (non-hydrogen) atoms. The molecule has 0 aliphatic carbocycles. The maximum absolute atomic E-state index is 13.8. The number of Topliss-reactive ketones (excluding diaryl/α,β-unsaturated/α-hetero) is 1. The summed E-state index contributed by atoms with van der Waals surface area (Å²) in [4.78, 5) is 28.7. The monoisotopic (exact) mass is 505 g/mol. The van der Waals surface area contributed by atoms with Gasteiger partial charge in [-0.3, -0.25) is 9.59 Å². The van der Waals surface area contributed by atoms with Crippen molar-refractivity contribution in [3.8, 4) is 0 Å². The Bertz CT molecular complexity index is 1220. The van der Waals surface area contributed by atoms with Crippen molar-refractivity contribution < 1.29 is 14.7 Å². The van der Waals surface area contributed by atoms with E-state index < -0.39 is 17.4 Å². The number of rotatable bonds is 6. The van der Waals surface area contributed by atoms with Crippen LogP contribution in [0.1, 0.15) is 59.3 Å². The second kappa shape index (κ2) is 8.88. The Morgan fingerprint density at radius 1 is 1.03 bits per heavy atom. The molecule has 5 heteroatoms. The van der Waals surface area contributed by atoms with Crippen molar-refractivity contribution in [2.45, 2.75) is 45.8 Å². The van der Waals surface area contributed by atoms with Gasteiger partial charge in [0.2, 0.25) is 0 Å². The molecular weight excluding hydrogens is 478 g/mol. The van der Waals surface area contributed by atoms with Gasteiger partial charge in [-0.1, -0.05) is 85.2 Å². The van der Waals surface area contributed by atoms with Gasteiger partial charge in [0.1, 0.15) is 0 Å². The topological polar surface area (TPSA) is 57.6 Å². The van der Waals surface area contributed by atoms with E-state index in [-0.39, 0.29) is 5.78 Å². The molecule has 1 heterocycles. The molecule has 0 unspecified atom stereocenters. The number of hydrogen-bond donors (Lipinski definition) is 1. The fourth-order valence-electron chi connectivity index (χ4n) is 4.49. The minimum absolute atomic E-state index is 0.266. The lowest BCUT2D eigenvalue weighted by molar-refractivity contribution is -0.139. The summed E-state index contributed by atoms with van der Waals surface area (Å²) in [6.07, 6.45) is 0. The van der Waals surface area contributed by atoms with Crippen LogP contribution in [0.4, 0.5) is 5.69 Å². The number of aliphatic hydroxyl groups is 1. The lowest BCUT2D eigenvalue weighted by atomic mass is 9.79. The molecule has 1 aliphatic heterocycles. The molecule has 3 aromatic carbocycles. The highest BCUT2D eigenvalue weighted by atomic mass is 79.9. The zero-order valence-electron chi connectivity index (χ0n) is 19.3. The molecule has 0 radical (unpaired) electrons. The number of fused-ring (bicyclic) bond motifs is 1. The van der Waals surface area contributed by atoms with Gasteiger partial charge >= 0.3 is 0 Å². The predicted molar refractivity (Wildman–Crippen MR) is 134 cm³/mol. The minimum Gasteiger partial charge on any atom is -0.375 e. The van der Waals surface area contributed by atoms with Gasteiger partial charge in [0.15, 0.2) is 11.4 Å². The third-order valence-corrected chi connectivity index (χ3v) is 7.17. The highest BCUT2D eigenvalue weighted by molar-refractivity contribution is 9.10. The SMILES string of the molecule is Cc1ccc(C(C)C)cc1CN1C(=O)[C@](O)([C@@H](C)C(=O)c2ccccc2)c2cc(Br)ccc21. The Balaban J connectivity index is 1.78. The van der Waals surface area contributed by atoms with Crippen LogP contribution in [-0.4, -0.2) is 16.8 Å². The standard InChI is InChI=1S/C28H28BrNO3/c1-17(2)21-11-10-18(3)22(14-21)16-30-25-13-12-23(29)15-24(25)28(33,27(30)32)19(4)26(31)20-8-6-5-7-9-20/h5-15,17,19,33H,16H2,1-4H3/t19-,28-/m0/s1. The molecule has 0 aromatic heterocycles. The van der Waals surface area contributed by atoms with Crippen LogP contribution in [0, 0.1) is 12.8 Å². The van der Waals surface area contributed by atoms with Crippen molar-refractivity contribution in [1.29, 1.82) is 0 Å². The molecule has 4 nitrogen and oxygen atoms in total. The number of aryl methyl sites for hydroxylation is 1. The van der Waals surface area contributed by atoms with Crippen LogP contribution in [-0.2, 0) is 16.9 Å². The Morgan fingerprint density at radius 3 is 2.39 bits per heavy atom. The van der Waals surface area contributed by atoms with Crippen LogP contribution in [0.2, 0.25) is 0 Å². The fraction of sp³-hybridized carbons (Fsp3) is 0.286. The van der Waals surface area contributed by atoms with Gasteiger partial charge in [-0.15, -0.1) is 0 Å². The minimum atomic E-state index is -1.95. The van der Waals surface area contributed by atoms with E-state index in [9.17, 15) is 14.7 Å². The van der Waals surface area contributed by atoms with Crippen molar-refractivity contribution in [3.63, 3.8) is 0 Å². The van der Waals surface area contributed by atoms with Crippen LogP contribution in [0.15, 0.2) is 71.2 Å². The summed E-state index contributed by atoms with van der Waals surface area (Å²) in [5, 5.41) is 11.9. The molecule has 0 bridgehead atoms. The number of nitrogens with zero attached hydrogens (tertiary/aromatic N) is 1. The Labute approximate surface area is 203 Å². The molecule has 0 spiro atoms. The predicted octanol–water partition coefficient (Wildman–Crippen LogP) is 6.13. The average Bonchev–Trinajstić information content (AvgIpc) is 3.02. The van der Waals surface area contributed by atoms with E-state index >= 15 is 0 Å². The summed E-state index contributed by atoms with van der Waals surface area (Å²) in [5.41, 5.74) is 2.91. The van der Waals surface area contributed by atoms with Crippen molar-refractivity contribution in [3.05, 3.63) is 99.0 Å². The van der Waals surface area contributed by atoms with Gasteiger partial charge in [0.25, 0.3) is 5.91 Å². The number of carbonyl (C=O) groups is 2. The van der Waals surface area contributed by atoms with Gasteiger partial charge in [0.05, 0.1) is 18.2 Å². The molecule has 0 fully saturated rings. The lowest BCUT2D eigenvalue weighted by Gasteiger charge is -2.29. The number of benzene rings is 3. The number of anilines is 1. The number of amides is 1. The number of ketones is 1. The maximum Gasteiger partial charge on any atom is 0.264 e. The Kier molecular flexibility index (Phi) is 6.30. The van der Waals surface area contributed by atoms with Crippen LogP contribution < -0.4 is 4.90 Å². The molecule has 3 aromatic rings. The summed E-state index contributed by atoms with van der Waals surface area (Å²) < 4.78 is 0.742. The summed E-state index contributed by atoms with van der Waals surface area (Å²) in [7, 11) is 0. The molecule has 1 N–H and O–H groups in total. The highest BCUT2D eigenvalue weighted by Gasteiger charge is 2.55. The zero-order valence-corrected chi connectivity index (χ0v) is 20.9. The van der Waals surface area contributed by atoms with E-state index in [0.717, 1.165) is 15.6 Å². The van der Waals surface area contributed by atoms with Crippen molar-refractivity contribution in [2.75, 3.05) is 4.90 Å². The van der Waals surface area contributed by atoms with Crippen LogP contribution in [0.5, 0.6) is 0 Å². The largest absolute Gasteiger partial charge is 0.375 e. The van der Waals surface area contributed by atoms with Crippen molar-refractivity contribution in [2.24, 2.45) is 5.92 Å². The first kappa shape index (κ1) is 23.4. The highest BCUT2D eigenvalue weighted by Crippen LogP contribution is 2.47. The first-order chi connectivity index (χ1) is 15.6. The van der Waals surface area contributed by atoms with Crippen molar-refractivity contribution >= 4 is 33.3 Å². The second-order valence-electron chi connectivity index (χ2n) is 9.11. The number of carbonyl (C=O) groups excluding carboxylic acids is 2. The van der Waals surface area contributed by atoms with E-state index in [4.69, 9.17) is 0 Å². The van der Waals surface area contributed by atoms with Crippen LogP contribution in [0.25, 0.3) is 0 Å². The molecule has 4 rings (SSSR count). The van der Waals surface area contributed by atoms with Gasteiger partial charge in [-0.25, -0.2) is 0 Å². The van der Waals surface area contributed by atoms with Gasteiger partial charge in [-0.2, -0.15) is 0 Å². The lowest BCUT2D eigenvalue weighted by Crippen LogP contribution is -2.47. The van der Waals surface area contributed by atoms with E-state index in [0.29, 0.717) is 29.3 Å². The summed E-state index contributed by atoms with van der Waals surface area (Å²) in [5.74, 6) is -1.32. The van der Waals surface area contributed by atoms with E-state index in [1.807, 2.05) is 25.1 Å². The molecule has 1 amide bonds. The number of halogens is 1.